The van der Waals surface area contributed by atoms with Crippen LogP contribution in [0.3, 0.4) is 0 Å². The predicted octanol–water partition coefficient (Wildman–Crippen LogP) is 1.05. The molecule has 3 atom stereocenters. The van der Waals surface area contributed by atoms with Crippen molar-refractivity contribution < 1.29 is 4.74 Å². The van der Waals surface area contributed by atoms with Crippen molar-refractivity contribution in [3.8, 4) is 0 Å². The van der Waals surface area contributed by atoms with Crippen LogP contribution in [0.15, 0.2) is 0 Å². The molecule has 3 unspecified atom stereocenters. The molecule has 4 heteroatoms. The molecule has 0 bridgehead atoms. The molecule has 4 nitrogen and oxygen atoms in total. The minimum Gasteiger partial charge on any atom is -0.379 e. The molecule has 3 aliphatic rings. The van der Waals surface area contributed by atoms with Gasteiger partial charge < -0.3 is 10.5 Å². The summed E-state index contributed by atoms with van der Waals surface area (Å²) in [6.07, 6.45) is 8.08. The molecular weight excluding hydrogens is 238 g/mol. The van der Waals surface area contributed by atoms with Crippen molar-refractivity contribution in [2.45, 2.75) is 56.2 Å². The minimum atomic E-state index is 0.113. The topological polar surface area (TPSA) is 41.7 Å². The summed E-state index contributed by atoms with van der Waals surface area (Å²) in [5, 5.41) is 0. The van der Waals surface area contributed by atoms with E-state index in [9.17, 15) is 0 Å². The lowest BCUT2D eigenvalue weighted by Crippen LogP contribution is -2.67. The van der Waals surface area contributed by atoms with Crippen molar-refractivity contribution in [3.63, 3.8) is 0 Å². The van der Waals surface area contributed by atoms with Crippen LogP contribution in [0, 0.1) is 0 Å². The first kappa shape index (κ1) is 13.8. The van der Waals surface area contributed by atoms with E-state index in [-0.39, 0.29) is 5.54 Å². The van der Waals surface area contributed by atoms with Gasteiger partial charge in [0.2, 0.25) is 0 Å². The van der Waals surface area contributed by atoms with Crippen molar-refractivity contribution >= 4 is 0 Å². The van der Waals surface area contributed by atoms with Crippen LogP contribution in [0.4, 0.5) is 0 Å². The first-order valence-electron chi connectivity index (χ1n) is 8.02. The van der Waals surface area contributed by atoms with Crippen molar-refractivity contribution in [1.82, 2.24) is 9.80 Å². The molecule has 2 heterocycles. The SMILES string of the molecule is COC1CCCCC1(CN)N1CCN2CCCC2C1. The van der Waals surface area contributed by atoms with Gasteiger partial charge in [0.1, 0.15) is 0 Å². The lowest BCUT2D eigenvalue weighted by atomic mass is 9.77. The van der Waals surface area contributed by atoms with E-state index in [4.69, 9.17) is 10.5 Å². The fourth-order valence-electron chi connectivity index (χ4n) is 4.65. The van der Waals surface area contributed by atoms with Crippen molar-refractivity contribution in [3.05, 3.63) is 0 Å². The Balaban J connectivity index is 1.76. The minimum absolute atomic E-state index is 0.113. The fraction of sp³-hybridized carbons (Fsp3) is 1.00. The van der Waals surface area contributed by atoms with Crippen LogP contribution in [-0.2, 0) is 4.74 Å². The summed E-state index contributed by atoms with van der Waals surface area (Å²) in [5.41, 5.74) is 6.35. The van der Waals surface area contributed by atoms with E-state index in [0.717, 1.165) is 12.6 Å². The van der Waals surface area contributed by atoms with Crippen LogP contribution in [0.25, 0.3) is 0 Å². The molecule has 19 heavy (non-hydrogen) atoms. The third-order valence-electron chi connectivity index (χ3n) is 5.78. The number of methoxy groups -OCH3 is 1. The number of ether oxygens (including phenoxy) is 1. The summed E-state index contributed by atoms with van der Waals surface area (Å²) in [7, 11) is 1.87. The monoisotopic (exact) mass is 267 g/mol. The molecule has 2 saturated heterocycles. The molecule has 0 spiro atoms. The predicted molar refractivity (Wildman–Crippen MR) is 77.2 cm³/mol. The molecule has 3 rings (SSSR count). The number of nitrogens with zero attached hydrogens (tertiary/aromatic N) is 2. The molecule has 2 N–H and O–H groups in total. The summed E-state index contributed by atoms with van der Waals surface area (Å²) < 4.78 is 5.83. The smallest absolute Gasteiger partial charge is 0.0767 e. The quantitative estimate of drug-likeness (QED) is 0.830. The molecule has 0 radical (unpaired) electrons. The summed E-state index contributed by atoms with van der Waals surface area (Å²) in [6.45, 7) is 5.66. The summed E-state index contributed by atoms with van der Waals surface area (Å²) >= 11 is 0. The van der Waals surface area contributed by atoms with Gasteiger partial charge in [-0.05, 0) is 32.2 Å². The third kappa shape index (κ3) is 2.33. The molecule has 0 aromatic heterocycles. The van der Waals surface area contributed by atoms with Gasteiger partial charge in [0.05, 0.1) is 11.6 Å². The molecule has 110 valence electrons. The van der Waals surface area contributed by atoms with Crippen LogP contribution in [0.5, 0.6) is 0 Å². The van der Waals surface area contributed by atoms with Crippen molar-refractivity contribution in [2.24, 2.45) is 5.73 Å². The highest BCUT2D eigenvalue weighted by Crippen LogP contribution is 2.37. The maximum Gasteiger partial charge on any atom is 0.0767 e. The van der Waals surface area contributed by atoms with Crippen LogP contribution < -0.4 is 5.73 Å². The Bertz CT molecular complexity index is 312. The van der Waals surface area contributed by atoms with E-state index < -0.39 is 0 Å². The molecule has 1 saturated carbocycles. The van der Waals surface area contributed by atoms with Crippen molar-refractivity contribution in [1.29, 1.82) is 0 Å². The first-order valence-corrected chi connectivity index (χ1v) is 8.02. The number of fused-ring (bicyclic) bond motifs is 1. The molecular formula is C15H29N3O. The highest BCUT2D eigenvalue weighted by molar-refractivity contribution is 5.04. The van der Waals surface area contributed by atoms with Gasteiger partial charge in [-0.15, -0.1) is 0 Å². The Hall–Kier alpha value is -0.160. The zero-order chi connectivity index (χ0) is 13.3. The molecule has 1 aliphatic carbocycles. The molecule has 0 amide bonds. The van der Waals surface area contributed by atoms with Gasteiger partial charge in [0.15, 0.2) is 0 Å². The van der Waals surface area contributed by atoms with E-state index in [0.29, 0.717) is 6.10 Å². The highest BCUT2D eigenvalue weighted by atomic mass is 16.5. The second kappa shape index (κ2) is 5.68. The number of hydrogen-bond acceptors (Lipinski definition) is 4. The van der Waals surface area contributed by atoms with E-state index in [1.807, 2.05) is 7.11 Å². The van der Waals surface area contributed by atoms with Crippen LogP contribution >= 0.6 is 0 Å². The molecule has 0 aromatic rings. The number of rotatable bonds is 3. The number of hydrogen-bond donors (Lipinski definition) is 1. The highest BCUT2D eigenvalue weighted by Gasteiger charge is 2.47. The first-order chi connectivity index (χ1) is 9.30. The second-order valence-electron chi connectivity index (χ2n) is 6.56. The van der Waals surface area contributed by atoms with E-state index in [1.165, 1.54) is 64.7 Å². The Morgan fingerprint density at radius 1 is 1.16 bits per heavy atom. The van der Waals surface area contributed by atoms with Gasteiger partial charge in [0, 0.05) is 39.3 Å². The van der Waals surface area contributed by atoms with Crippen LogP contribution in [-0.4, -0.2) is 67.3 Å². The Labute approximate surface area is 117 Å². The third-order valence-corrected chi connectivity index (χ3v) is 5.78. The van der Waals surface area contributed by atoms with Crippen LogP contribution in [0.1, 0.15) is 38.5 Å². The lowest BCUT2D eigenvalue weighted by molar-refractivity contribution is -0.0944. The average Bonchev–Trinajstić information content (AvgIpc) is 2.94. The van der Waals surface area contributed by atoms with Gasteiger partial charge in [0.25, 0.3) is 0 Å². The summed E-state index contributed by atoms with van der Waals surface area (Å²) in [4.78, 5) is 5.36. The second-order valence-corrected chi connectivity index (χ2v) is 6.56. The van der Waals surface area contributed by atoms with Gasteiger partial charge >= 0.3 is 0 Å². The molecule has 2 aliphatic heterocycles. The number of nitrogens with two attached hydrogens (primary N) is 1. The zero-order valence-corrected chi connectivity index (χ0v) is 12.3. The number of piperazine rings is 1. The van der Waals surface area contributed by atoms with Gasteiger partial charge in [-0.3, -0.25) is 9.80 Å². The van der Waals surface area contributed by atoms with E-state index >= 15 is 0 Å². The van der Waals surface area contributed by atoms with Gasteiger partial charge in [-0.25, -0.2) is 0 Å². The van der Waals surface area contributed by atoms with Crippen LogP contribution in [0.2, 0.25) is 0 Å². The average molecular weight is 267 g/mol. The maximum absolute atomic E-state index is 6.24. The summed E-state index contributed by atoms with van der Waals surface area (Å²) in [5.74, 6) is 0. The lowest BCUT2D eigenvalue weighted by Gasteiger charge is -2.53. The van der Waals surface area contributed by atoms with Gasteiger partial charge in [-0.1, -0.05) is 12.8 Å². The maximum atomic E-state index is 6.24. The van der Waals surface area contributed by atoms with Gasteiger partial charge in [-0.2, -0.15) is 0 Å². The zero-order valence-electron chi connectivity index (χ0n) is 12.3. The Kier molecular flexibility index (Phi) is 4.13. The Morgan fingerprint density at radius 3 is 2.84 bits per heavy atom. The Morgan fingerprint density at radius 2 is 2.05 bits per heavy atom. The van der Waals surface area contributed by atoms with E-state index in [2.05, 4.69) is 9.80 Å². The largest absolute Gasteiger partial charge is 0.379 e. The molecule has 0 aromatic carbocycles. The fourth-order valence-corrected chi connectivity index (χ4v) is 4.65. The normalized spacial score (nSPS) is 41.4. The van der Waals surface area contributed by atoms with E-state index in [1.54, 1.807) is 0 Å². The molecule has 3 fully saturated rings. The summed E-state index contributed by atoms with van der Waals surface area (Å²) in [6, 6.07) is 0.775. The standard InChI is InChI=1S/C15H29N3O/c1-19-14-6-2-3-7-15(14,12-16)18-10-9-17-8-4-5-13(17)11-18/h13-14H,2-12,16H2,1H3. The van der Waals surface area contributed by atoms with Crippen molar-refractivity contribution in [2.75, 3.05) is 39.8 Å².